The molecule has 134 valence electrons. The van der Waals surface area contributed by atoms with Crippen LogP contribution in [0.5, 0.6) is 5.75 Å². The maximum absolute atomic E-state index is 10.3. The lowest BCUT2D eigenvalue weighted by Crippen LogP contribution is -2.49. The highest BCUT2D eigenvalue weighted by Gasteiger charge is 2.19. The number of hydrogen-bond donors (Lipinski definition) is 1. The van der Waals surface area contributed by atoms with E-state index in [2.05, 4.69) is 54.0 Å². The van der Waals surface area contributed by atoms with Crippen LogP contribution < -0.4 is 9.64 Å². The van der Waals surface area contributed by atoms with Crippen LogP contribution in [-0.4, -0.2) is 55.4 Å². The van der Waals surface area contributed by atoms with Gasteiger partial charge in [-0.3, -0.25) is 4.90 Å². The van der Waals surface area contributed by atoms with E-state index >= 15 is 0 Å². The van der Waals surface area contributed by atoms with Gasteiger partial charge in [-0.15, -0.1) is 0 Å². The molecule has 1 N–H and O–H groups in total. The molecule has 4 nitrogen and oxygen atoms in total. The van der Waals surface area contributed by atoms with Gasteiger partial charge in [-0.2, -0.15) is 0 Å². The average molecular weight is 340 g/mol. The number of piperazine rings is 1. The minimum absolute atomic E-state index is 0.335. The number of anilines is 1. The molecule has 1 fully saturated rings. The summed E-state index contributed by atoms with van der Waals surface area (Å²) in [6.07, 6.45) is -0.468. The van der Waals surface area contributed by atoms with E-state index in [4.69, 9.17) is 4.74 Å². The Hall–Kier alpha value is -2.04. The summed E-state index contributed by atoms with van der Waals surface area (Å²) in [7, 11) is 0. The fraction of sp³-hybridized carbons (Fsp3) is 0.429. The zero-order valence-corrected chi connectivity index (χ0v) is 15.2. The third kappa shape index (κ3) is 5.21. The highest BCUT2D eigenvalue weighted by Crippen LogP contribution is 2.17. The van der Waals surface area contributed by atoms with Gasteiger partial charge in [-0.1, -0.05) is 24.3 Å². The minimum Gasteiger partial charge on any atom is -0.491 e. The van der Waals surface area contributed by atoms with Gasteiger partial charge >= 0.3 is 0 Å². The van der Waals surface area contributed by atoms with Crippen molar-refractivity contribution in [1.29, 1.82) is 0 Å². The van der Waals surface area contributed by atoms with E-state index in [9.17, 15) is 5.11 Å². The third-order valence-corrected chi connectivity index (χ3v) is 4.60. The van der Waals surface area contributed by atoms with E-state index in [0.717, 1.165) is 31.9 Å². The molecule has 0 aromatic heterocycles. The molecule has 2 aromatic carbocycles. The van der Waals surface area contributed by atoms with Crippen molar-refractivity contribution in [3.8, 4) is 5.75 Å². The van der Waals surface area contributed by atoms with Gasteiger partial charge in [0.25, 0.3) is 0 Å². The number of para-hydroxylation sites is 1. The molecule has 0 spiro atoms. The van der Waals surface area contributed by atoms with Crippen molar-refractivity contribution in [3.05, 3.63) is 59.7 Å². The first-order chi connectivity index (χ1) is 12.1. The van der Waals surface area contributed by atoms with E-state index in [1.54, 1.807) is 0 Å². The summed E-state index contributed by atoms with van der Waals surface area (Å²) in [6.45, 7) is 9.04. The Balaban J connectivity index is 1.42. The first-order valence-corrected chi connectivity index (χ1v) is 9.01. The van der Waals surface area contributed by atoms with E-state index in [1.807, 2.05) is 18.2 Å². The van der Waals surface area contributed by atoms with Gasteiger partial charge in [0.05, 0.1) is 0 Å². The summed E-state index contributed by atoms with van der Waals surface area (Å²) in [4.78, 5) is 4.71. The summed E-state index contributed by atoms with van der Waals surface area (Å²) >= 11 is 0. The molecule has 1 aliphatic rings. The van der Waals surface area contributed by atoms with E-state index in [1.165, 1.54) is 16.8 Å². The molecule has 3 rings (SSSR count). The van der Waals surface area contributed by atoms with Crippen LogP contribution >= 0.6 is 0 Å². The van der Waals surface area contributed by atoms with Gasteiger partial charge in [0.15, 0.2) is 0 Å². The molecule has 0 saturated carbocycles. The third-order valence-electron chi connectivity index (χ3n) is 4.60. The van der Waals surface area contributed by atoms with Crippen molar-refractivity contribution in [3.63, 3.8) is 0 Å². The van der Waals surface area contributed by atoms with Gasteiger partial charge in [-0.25, -0.2) is 0 Å². The Morgan fingerprint density at radius 3 is 2.24 bits per heavy atom. The molecule has 0 aliphatic carbocycles. The van der Waals surface area contributed by atoms with Crippen LogP contribution in [0.2, 0.25) is 0 Å². The number of benzene rings is 2. The normalized spacial score (nSPS) is 16.7. The highest BCUT2D eigenvalue weighted by atomic mass is 16.5. The minimum atomic E-state index is -0.468. The van der Waals surface area contributed by atoms with Crippen LogP contribution in [0.1, 0.15) is 11.1 Å². The number of nitrogens with zero attached hydrogens (tertiary/aromatic N) is 2. The largest absolute Gasteiger partial charge is 0.491 e. The van der Waals surface area contributed by atoms with E-state index in [-0.39, 0.29) is 0 Å². The molecule has 1 aliphatic heterocycles. The summed E-state index contributed by atoms with van der Waals surface area (Å²) in [5.41, 5.74) is 3.64. The number of aliphatic hydroxyl groups excluding tert-OH is 1. The molecule has 0 radical (unpaired) electrons. The van der Waals surface area contributed by atoms with Gasteiger partial charge in [-0.05, 0) is 49.2 Å². The molecule has 0 bridgehead atoms. The van der Waals surface area contributed by atoms with Crippen LogP contribution in [0.3, 0.4) is 0 Å². The molecule has 0 amide bonds. The lowest BCUT2D eigenvalue weighted by Gasteiger charge is -2.36. The molecular formula is C21H28N2O2. The second kappa shape index (κ2) is 8.37. The maximum atomic E-state index is 10.3. The molecule has 25 heavy (non-hydrogen) atoms. The first kappa shape index (κ1) is 17.8. The maximum Gasteiger partial charge on any atom is 0.119 e. The molecule has 2 aromatic rings. The summed E-state index contributed by atoms with van der Waals surface area (Å²) in [5, 5.41) is 10.3. The Labute approximate surface area is 150 Å². The quantitative estimate of drug-likeness (QED) is 0.877. The zero-order valence-electron chi connectivity index (χ0n) is 15.2. The Morgan fingerprint density at radius 1 is 0.960 bits per heavy atom. The van der Waals surface area contributed by atoms with Crippen LogP contribution in [0, 0.1) is 13.8 Å². The SMILES string of the molecule is Cc1cc(C)cc(OC[C@H](O)CN2CCN(c3ccccc3)CC2)c1. The predicted octanol–water partition coefficient (Wildman–Crippen LogP) is 2.87. The lowest BCUT2D eigenvalue weighted by molar-refractivity contribution is 0.0663. The molecule has 1 saturated heterocycles. The van der Waals surface area contributed by atoms with Crippen molar-refractivity contribution in [1.82, 2.24) is 4.90 Å². The monoisotopic (exact) mass is 340 g/mol. The molecular weight excluding hydrogens is 312 g/mol. The topological polar surface area (TPSA) is 35.9 Å². The summed E-state index contributed by atoms with van der Waals surface area (Å²) in [5.74, 6) is 0.838. The van der Waals surface area contributed by atoms with Crippen molar-refractivity contribution >= 4 is 5.69 Å². The summed E-state index contributed by atoms with van der Waals surface area (Å²) < 4.78 is 5.77. The zero-order chi connectivity index (χ0) is 17.6. The van der Waals surface area contributed by atoms with Gasteiger partial charge < -0.3 is 14.7 Å². The molecule has 1 atom stereocenters. The van der Waals surface area contributed by atoms with Crippen LogP contribution in [0.4, 0.5) is 5.69 Å². The molecule has 0 unspecified atom stereocenters. The standard InChI is InChI=1S/C21H28N2O2/c1-17-12-18(2)14-21(13-17)25-16-20(24)15-22-8-10-23(11-9-22)19-6-4-3-5-7-19/h3-7,12-14,20,24H,8-11,15-16H2,1-2H3/t20-/m1/s1. The highest BCUT2D eigenvalue weighted by molar-refractivity contribution is 5.46. The Kier molecular flexibility index (Phi) is 5.95. The van der Waals surface area contributed by atoms with Gasteiger partial charge in [0.2, 0.25) is 0 Å². The number of β-amino-alcohol motifs (C(OH)–C–C–N with tert-alkyl or cyclic N) is 1. The van der Waals surface area contributed by atoms with Crippen molar-refractivity contribution < 1.29 is 9.84 Å². The Bertz CT molecular complexity index is 647. The fourth-order valence-corrected chi connectivity index (χ4v) is 3.39. The average Bonchev–Trinajstić information content (AvgIpc) is 2.61. The van der Waals surface area contributed by atoms with Crippen molar-refractivity contribution in [2.75, 3.05) is 44.2 Å². The summed E-state index contributed by atoms with van der Waals surface area (Å²) in [6, 6.07) is 16.7. The number of aryl methyl sites for hydroxylation is 2. The first-order valence-electron chi connectivity index (χ1n) is 9.01. The predicted molar refractivity (Wildman–Crippen MR) is 103 cm³/mol. The lowest BCUT2D eigenvalue weighted by atomic mass is 10.1. The van der Waals surface area contributed by atoms with E-state index in [0.29, 0.717) is 13.2 Å². The second-order valence-corrected chi connectivity index (χ2v) is 6.91. The fourth-order valence-electron chi connectivity index (χ4n) is 3.39. The molecule has 4 heteroatoms. The van der Waals surface area contributed by atoms with Crippen LogP contribution in [0.25, 0.3) is 0 Å². The smallest absolute Gasteiger partial charge is 0.119 e. The Morgan fingerprint density at radius 2 is 1.60 bits per heavy atom. The van der Waals surface area contributed by atoms with Gasteiger partial charge in [0, 0.05) is 38.4 Å². The van der Waals surface area contributed by atoms with Crippen molar-refractivity contribution in [2.24, 2.45) is 0 Å². The second-order valence-electron chi connectivity index (χ2n) is 6.91. The van der Waals surface area contributed by atoms with Crippen LogP contribution in [0.15, 0.2) is 48.5 Å². The van der Waals surface area contributed by atoms with Crippen LogP contribution in [-0.2, 0) is 0 Å². The van der Waals surface area contributed by atoms with E-state index < -0.39 is 6.10 Å². The number of ether oxygens (including phenoxy) is 1. The molecule has 1 heterocycles. The number of aliphatic hydroxyl groups is 1. The number of rotatable bonds is 6. The van der Waals surface area contributed by atoms with Gasteiger partial charge in [0.1, 0.15) is 18.5 Å². The van der Waals surface area contributed by atoms with Crippen molar-refractivity contribution in [2.45, 2.75) is 20.0 Å². The number of hydrogen-bond acceptors (Lipinski definition) is 4.